The van der Waals surface area contributed by atoms with E-state index in [0.717, 1.165) is 44.2 Å². The van der Waals surface area contributed by atoms with Gasteiger partial charge < -0.3 is 49.6 Å². The summed E-state index contributed by atoms with van der Waals surface area (Å²) in [6, 6.07) is 4.03. The van der Waals surface area contributed by atoms with E-state index in [1.165, 1.54) is 47.9 Å². The summed E-state index contributed by atoms with van der Waals surface area (Å²) in [5.41, 5.74) is 1.16. The number of hydrogen-bond acceptors (Lipinski definition) is 22. The Morgan fingerprint density at radius 1 is 0.859 bits per heavy atom. The van der Waals surface area contributed by atoms with Gasteiger partial charge in [0.15, 0.2) is 11.9 Å². The van der Waals surface area contributed by atoms with Crippen LogP contribution in [0.2, 0.25) is 0 Å². The van der Waals surface area contributed by atoms with Crippen molar-refractivity contribution >= 4 is 94.0 Å². The largest absolute Gasteiger partial charge is 0.506 e. The Balaban J connectivity index is 0.00000393. The Kier molecular flexibility index (Phi) is 38.5. The van der Waals surface area contributed by atoms with Gasteiger partial charge >= 0.3 is 18.3 Å². The fourth-order valence-corrected chi connectivity index (χ4v) is 13.7. The zero-order valence-corrected chi connectivity index (χ0v) is 53.3. The fourth-order valence-electron chi connectivity index (χ4n) is 9.78. The molecule has 2 aliphatic heterocycles. The minimum Gasteiger partial charge on any atom is -0.506 e. The summed E-state index contributed by atoms with van der Waals surface area (Å²) < 4.78 is 27.8. The zero-order chi connectivity index (χ0) is 63.3. The molecule has 1 aromatic carbocycles. The molecule has 0 spiro atoms. The summed E-state index contributed by atoms with van der Waals surface area (Å²) in [6.45, 7) is 17.5. The second-order valence-corrected chi connectivity index (χ2v) is 24.5. The van der Waals surface area contributed by atoms with Crippen molar-refractivity contribution in [2.45, 2.75) is 160 Å². The van der Waals surface area contributed by atoms with E-state index in [1.54, 1.807) is 29.5 Å². The Labute approximate surface area is 512 Å². The number of phenolic OH excluding ortho intramolecular Hbond substituents is 1. The number of aromatic hydroxyl groups is 1. The van der Waals surface area contributed by atoms with Crippen molar-refractivity contribution in [2.75, 3.05) is 90.4 Å². The number of rotatable bonds is 38. The van der Waals surface area contributed by atoms with E-state index in [2.05, 4.69) is 25.8 Å². The van der Waals surface area contributed by atoms with Crippen LogP contribution in [0.3, 0.4) is 0 Å². The SMILES string of the molecule is CCC[C@H](Cc1ccc(O)c(NC(=O)CCOCCOCCCC(=O)C2SCSC2C(=O)NCCOCCOCC)c1)NC(=O)c1csc([C@@H](C[C@H](C(C)C)N(C)C(=O)[C@@H](CC(=O)[C@H]2CCCCN2C)[C@@H](C)CC)OC(C)=O)n1.O=C=O.O=C=O. The van der Waals surface area contributed by atoms with Crippen LogP contribution in [0.5, 0.6) is 5.75 Å². The lowest BCUT2D eigenvalue weighted by Gasteiger charge is -2.37. The van der Waals surface area contributed by atoms with Gasteiger partial charge in [-0.05, 0) is 82.2 Å². The molecule has 8 atom stereocenters. The van der Waals surface area contributed by atoms with Crippen LogP contribution in [0.25, 0.3) is 0 Å². The highest BCUT2D eigenvalue weighted by Crippen LogP contribution is 2.38. The number of thioether (sulfide) groups is 2. The number of esters is 1. The van der Waals surface area contributed by atoms with Gasteiger partial charge in [0.1, 0.15) is 27.5 Å². The van der Waals surface area contributed by atoms with Gasteiger partial charge in [-0.2, -0.15) is 19.2 Å². The Morgan fingerprint density at radius 3 is 2.15 bits per heavy atom. The zero-order valence-electron chi connectivity index (χ0n) is 50.8. The number of likely N-dealkylation sites (tertiary alicyclic amines) is 1. The molecule has 3 heterocycles. The number of likely N-dealkylation sites (N-methyl/N-ethyl adjacent to an activating group) is 1. The van der Waals surface area contributed by atoms with Crippen LogP contribution in [0.1, 0.15) is 146 Å². The molecule has 4 rings (SSSR count). The molecule has 85 heavy (non-hydrogen) atoms. The number of phenols is 1. The quantitative estimate of drug-likeness (QED) is 0.0318. The van der Waals surface area contributed by atoms with Gasteiger partial charge in [-0.3, -0.25) is 38.5 Å². The van der Waals surface area contributed by atoms with Gasteiger partial charge in [0.25, 0.3) is 5.91 Å². The third-order valence-corrected chi connectivity index (χ3v) is 18.4. The van der Waals surface area contributed by atoms with Gasteiger partial charge in [0, 0.05) is 81.5 Å². The number of benzene rings is 1. The van der Waals surface area contributed by atoms with Crippen molar-refractivity contribution < 1.29 is 81.5 Å². The highest BCUT2D eigenvalue weighted by atomic mass is 32.2. The number of ketones is 2. The molecule has 2 aromatic rings. The third-order valence-electron chi connectivity index (χ3n) is 14.4. The first-order chi connectivity index (χ1) is 40.7. The number of anilines is 1. The molecule has 4 N–H and O–H groups in total. The number of piperidine rings is 1. The van der Waals surface area contributed by atoms with Crippen LogP contribution >= 0.6 is 34.9 Å². The van der Waals surface area contributed by atoms with E-state index in [4.69, 9.17) is 42.9 Å². The van der Waals surface area contributed by atoms with Crippen LogP contribution in [-0.4, -0.2) is 187 Å². The third kappa shape index (κ3) is 28.3. The summed E-state index contributed by atoms with van der Waals surface area (Å²) in [4.78, 5) is 134. The Bertz CT molecular complexity index is 2430. The molecular formula is C59H90N6O17S3. The second kappa shape index (κ2) is 43.3. The number of thiazole rings is 1. The molecule has 2 saturated heterocycles. The van der Waals surface area contributed by atoms with Gasteiger partial charge in [0.05, 0.1) is 63.0 Å². The summed E-state index contributed by atoms with van der Waals surface area (Å²) >= 11 is 4.18. The van der Waals surface area contributed by atoms with Crippen molar-refractivity contribution in [2.24, 2.45) is 17.8 Å². The predicted octanol–water partition coefficient (Wildman–Crippen LogP) is 6.46. The average molecular weight is 1250 g/mol. The number of hydrogen-bond donors (Lipinski definition) is 4. The lowest BCUT2D eigenvalue weighted by Crippen LogP contribution is -2.48. The van der Waals surface area contributed by atoms with Crippen molar-refractivity contribution in [1.29, 1.82) is 0 Å². The predicted molar refractivity (Wildman–Crippen MR) is 321 cm³/mol. The maximum Gasteiger partial charge on any atom is 0.373 e. The number of nitrogens with one attached hydrogen (secondary N) is 3. The molecule has 2 aliphatic rings. The molecule has 4 amide bonds. The van der Waals surface area contributed by atoms with E-state index in [0.29, 0.717) is 75.4 Å². The molecular weight excluding hydrogens is 1160 g/mol. The van der Waals surface area contributed by atoms with Crippen LogP contribution in [0.15, 0.2) is 23.6 Å². The molecule has 2 unspecified atom stereocenters. The van der Waals surface area contributed by atoms with Gasteiger partial charge in [-0.15, -0.1) is 34.9 Å². The van der Waals surface area contributed by atoms with E-state index in [-0.39, 0.29) is 128 Å². The number of nitrogens with zero attached hydrogens (tertiary/aromatic N) is 3. The summed E-state index contributed by atoms with van der Waals surface area (Å²) in [5, 5.41) is 21.3. The first-order valence-corrected chi connectivity index (χ1v) is 32.1. The first kappa shape index (κ1) is 75.7. The van der Waals surface area contributed by atoms with Crippen LogP contribution in [-0.2, 0) is 78.1 Å². The number of carbonyl (C=O) groups is 7. The summed E-state index contributed by atoms with van der Waals surface area (Å²) in [6.07, 6.45) is 6.29. The number of Topliss-reactive ketones (excluding diaryl/α,β-unsaturated/α-hetero) is 2. The Morgan fingerprint density at radius 2 is 1.52 bits per heavy atom. The fraction of sp³-hybridized carbons (Fsp3) is 0.695. The summed E-state index contributed by atoms with van der Waals surface area (Å²) in [5.74, 6) is -2.10. The molecule has 0 bridgehead atoms. The molecule has 0 saturated carbocycles. The molecule has 0 radical (unpaired) electrons. The van der Waals surface area contributed by atoms with E-state index in [1.807, 2.05) is 48.6 Å². The smallest absolute Gasteiger partial charge is 0.373 e. The van der Waals surface area contributed by atoms with Crippen molar-refractivity contribution in [3.8, 4) is 5.75 Å². The van der Waals surface area contributed by atoms with Crippen molar-refractivity contribution in [3.63, 3.8) is 0 Å². The minimum absolute atomic E-state index is 0.0226. The number of carbonyl (C=O) groups excluding carboxylic acids is 11. The monoisotopic (exact) mass is 1250 g/mol. The lowest BCUT2D eigenvalue weighted by atomic mass is 9.83. The summed E-state index contributed by atoms with van der Waals surface area (Å²) in [7, 11) is 3.74. The van der Waals surface area contributed by atoms with Crippen LogP contribution in [0.4, 0.5) is 5.69 Å². The average Bonchev–Trinajstić information content (AvgIpc) is 4.28. The second-order valence-electron chi connectivity index (χ2n) is 21.0. The van der Waals surface area contributed by atoms with Crippen molar-refractivity contribution in [3.05, 3.63) is 39.8 Å². The number of aromatic nitrogens is 1. The van der Waals surface area contributed by atoms with Crippen molar-refractivity contribution in [1.82, 2.24) is 25.4 Å². The topological polar surface area (TPSA) is 310 Å². The van der Waals surface area contributed by atoms with E-state index < -0.39 is 34.4 Å². The van der Waals surface area contributed by atoms with E-state index in [9.17, 15) is 38.7 Å². The highest BCUT2D eigenvalue weighted by Gasteiger charge is 2.40. The number of amides is 4. The molecule has 0 aliphatic carbocycles. The maximum atomic E-state index is 14.4. The first-order valence-electron chi connectivity index (χ1n) is 29.1. The molecule has 23 nitrogen and oxygen atoms in total. The molecule has 2 fully saturated rings. The van der Waals surface area contributed by atoms with Crippen LogP contribution in [0, 0.1) is 17.8 Å². The highest BCUT2D eigenvalue weighted by molar-refractivity contribution is 8.20. The van der Waals surface area contributed by atoms with Gasteiger partial charge in [-0.25, -0.2) is 4.98 Å². The lowest BCUT2D eigenvalue weighted by molar-refractivity contribution is -0.193. The normalized spacial score (nSPS) is 17.4. The van der Waals surface area contributed by atoms with E-state index >= 15 is 0 Å². The molecule has 26 heteroatoms. The minimum atomic E-state index is -0.837. The van der Waals surface area contributed by atoms with Crippen LogP contribution < -0.4 is 16.0 Å². The van der Waals surface area contributed by atoms with Gasteiger partial charge in [-0.1, -0.05) is 59.9 Å². The Hall–Kier alpha value is -5.40. The number of ether oxygens (including phenoxy) is 5. The maximum absolute atomic E-state index is 14.4. The molecule has 476 valence electrons. The molecule has 1 aromatic heterocycles. The standard InChI is InChI=1S/C57H90N6O13S3.2CO2/c1-10-16-41(59-54(69)44-35-77-56(61-44)50(76-39(7)64)34-46(37(4)5)63(9)57(71)42(38(6)11-2)33-49(67)45-17-13-14-23-62(45)8)31-40-19-20-47(65)43(32-40)60-51(68)21-25-74-30-29-73-24-15-18-48(66)52-53(79-36-78-52)55(70)58-22-26-75-28-27-72-12-3;2*2-1-3/h19-20,32,35,37-38,41-42,45-46,50,52-53,65H,10-18,21-31,33-34,36H2,1-9H3,(H,58,70)(H,59,69)(H,60,68);;/t38-,41+,42-,45+,46+,50+,52?,53?;;/m0../s1. The van der Waals surface area contributed by atoms with Gasteiger partial charge in [0.2, 0.25) is 17.7 Å².